The van der Waals surface area contributed by atoms with Crippen LogP contribution in [0.2, 0.25) is 0 Å². The molecule has 1 aromatic heterocycles. The molecule has 9 heteroatoms. The molecule has 0 saturated heterocycles. The summed E-state index contributed by atoms with van der Waals surface area (Å²) in [6.07, 6.45) is -9.82. The van der Waals surface area contributed by atoms with Crippen LogP contribution >= 0.6 is 0 Å². The second-order valence-corrected chi connectivity index (χ2v) is 3.22. The number of nitrogens with zero attached hydrogens (tertiary/aromatic N) is 1. The van der Waals surface area contributed by atoms with E-state index in [1.807, 2.05) is 0 Å². The van der Waals surface area contributed by atoms with Gasteiger partial charge in [0.2, 0.25) is 0 Å². The number of halogens is 6. The zero-order chi connectivity index (χ0) is 13.9. The van der Waals surface area contributed by atoms with Crippen LogP contribution in [0.25, 0.3) is 0 Å². The summed E-state index contributed by atoms with van der Waals surface area (Å²) in [6.45, 7) is -1.78. The molecule has 1 atom stereocenters. The van der Waals surface area contributed by atoms with E-state index in [1.165, 1.54) is 0 Å². The molecule has 0 amide bonds. The fraction of sp³-hybridized carbons (Fsp3) is 0.444. The maximum absolute atomic E-state index is 13.0. The number of ether oxygens (including phenoxy) is 1. The minimum Gasteiger partial charge on any atom is -0.481 e. The monoisotopic (exact) mass is 275 g/mol. The summed E-state index contributed by atoms with van der Waals surface area (Å²) < 4.78 is 76.8. The number of aromatic nitrogens is 1. The third kappa shape index (κ3) is 4.06. The van der Waals surface area contributed by atoms with Gasteiger partial charge in [0, 0.05) is 6.07 Å². The zero-order valence-electron chi connectivity index (χ0n) is 8.59. The van der Waals surface area contributed by atoms with Crippen molar-refractivity contribution in [2.45, 2.75) is 18.7 Å². The Morgan fingerprint density at radius 2 is 1.94 bits per heavy atom. The van der Waals surface area contributed by atoms with Crippen molar-refractivity contribution >= 4 is 0 Å². The van der Waals surface area contributed by atoms with E-state index in [1.54, 1.807) is 0 Å². The Labute approximate surface area is 97.0 Å². The molecule has 3 nitrogen and oxygen atoms in total. The highest BCUT2D eigenvalue weighted by Gasteiger charge is 2.29. The Morgan fingerprint density at radius 3 is 2.44 bits per heavy atom. The van der Waals surface area contributed by atoms with Crippen molar-refractivity contribution in [3.8, 4) is 5.75 Å². The molecule has 0 bridgehead atoms. The number of aliphatic hydroxyl groups is 1. The Hall–Kier alpha value is -1.51. The topological polar surface area (TPSA) is 42.4 Å². The van der Waals surface area contributed by atoms with E-state index in [9.17, 15) is 26.3 Å². The van der Waals surface area contributed by atoms with Crippen LogP contribution in [0, 0.1) is 5.82 Å². The lowest BCUT2D eigenvalue weighted by Gasteiger charge is -2.13. The van der Waals surface area contributed by atoms with Crippen LogP contribution in [0.15, 0.2) is 12.3 Å². The highest BCUT2D eigenvalue weighted by molar-refractivity contribution is 5.26. The molecular weight excluding hydrogens is 268 g/mol. The standard InChI is InChI=1S/C9H7F6NO2/c10-4-2-16-5(7(17)8(11)12)1-6(4)18-3-9(13,14)15/h1-2,7-8,17H,3H2. The second-order valence-electron chi connectivity index (χ2n) is 3.22. The molecular formula is C9H7F6NO2. The average molecular weight is 275 g/mol. The summed E-state index contributed by atoms with van der Waals surface area (Å²) in [6, 6.07) is 0.498. The van der Waals surface area contributed by atoms with Crippen LogP contribution in [0.4, 0.5) is 26.3 Å². The van der Waals surface area contributed by atoms with E-state index in [-0.39, 0.29) is 0 Å². The molecule has 0 aromatic carbocycles. The molecule has 1 unspecified atom stereocenters. The van der Waals surface area contributed by atoms with E-state index in [0.717, 1.165) is 0 Å². The first-order valence-electron chi connectivity index (χ1n) is 4.52. The second kappa shape index (κ2) is 5.42. The normalized spacial score (nSPS) is 13.8. The van der Waals surface area contributed by atoms with E-state index in [4.69, 9.17) is 5.11 Å². The van der Waals surface area contributed by atoms with E-state index >= 15 is 0 Å². The molecule has 1 heterocycles. The Kier molecular flexibility index (Phi) is 4.38. The van der Waals surface area contributed by atoms with Crippen LogP contribution in [-0.2, 0) is 0 Å². The minimum absolute atomic E-state index is 0.395. The molecule has 0 saturated carbocycles. The number of aliphatic hydroxyl groups excluding tert-OH is 1. The maximum atomic E-state index is 13.0. The van der Waals surface area contributed by atoms with Crippen molar-refractivity contribution in [3.05, 3.63) is 23.8 Å². The fourth-order valence-electron chi connectivity index (χ4n) is 0.996. The molecule has 1 aromatic rings. The van der Waals surface area contributed by atoms with Gasteiger partial charge < -0.3 is 9.84 Å². The van der Waals surface area contributed by atoms with Gasteiger partial charge in [-0.3, -0.25) is 4.98 Å². The largest absolute Gasteiger partial charge is 0.481 e. The third-order valence-electron chi connectivity index (χ3n) is 1.77. The van der Waals surface area contributed by atoms with Gasteiger partial charge >= 0.3 is 6.18 Å². The van der Waals surface area contributed by atoms with Gasteiger partial charge in [-0.25, -0.2) is 13.2 Å². The third-order valence-corrected chi connectivity index (χ3v) is 1.77. The summed E-state index contributed by atoms with van der Waals surface area (Å²) in [5.41, 5.74) is -0.677. The fourth-order valence-corrected chi connectivity index (χ4v) is 0.996. The molecule has 1 N–H and O–H groups in total. The van der Waals surface area contributed by atoms with Crippen LogP contribution in [0.5, 0.6) is 5.75 Å². The smallest absolute Gasteiger partial charge is 0.422 e. The van der Waals surface area contributed by atoms with Gasteiger partial charge in [-0.15, -0.1) is 0 Å². The van der Waals surface area contributed by atoms with Gasteiger partial charge in [-0.1, -0.05) is 0 Å². The summed E-state index contributed by atoms with van der Waals surface area (Å²) in [4.78, 5) is 3.14. The summed E-state index contributed by atoms with van der Waals surface area (Å²) in [5.74, 6) is -2.15. The quantitative estimate of drug-likeness (QED) is 0.858. The van der Waals surface area contributed by atoms with Crippen LogP contribution in [0.1, 0.15) is 11.8 Å². The summed E-state index contributed by atoms with van der Waals surface area (Å²) >= 11 is 0. The molecule has 0 spiro atoms. The average Bonchev–Trinajstić information content (AvgIpc) is 2.25. The number of alkyl halides is 5. The van der Waals surface area contributed by atoms with Gasteiger partial charge in [-0.05, 0) is 0 Å². The van der Waals surface area contributed by atoms with Crippen molar-refractivity contribution in [3.63, 3.8) is 0 Å². The molecule has 0 fully saturated rings. The summed E-state index contributed by atoms with van der Waals surface area (Å²) in [7, 11) is 0. The highest BCUT2D eigenvalue weighted by atomic mass is 19.4. The number of hydrogen-bond donors (Lipinski definition) is 1. The van der Waals surface area contributed by atoms with Crippen molar-refractivity contribution in [2.75, 3.05) is 6.61 Å². The number of rotatable bonds is 4. The SMILES string of the molecule is OC(c1cc(OCC(F)(F)F)c(F)cn1)C(F)F. The Bertz CT molecular complexity index is 409. The zero-order valence-corrected chi connectivity index (χ0v) is 8.59. The van der Waals surface area contributed by atoms with Crippen LogP contribution < -0.4 is 4.74 Å². The van der Waals surface area contributed by atoms with Gasteiger partial charge in [0.15, 0.2) is 24.3 Å². The summed E-state index contributed by atoms with van der Waals surface area (Å²) in [5, 5.41) is 8.93. The lowest BCUT2D eigenvalue weighted by Crippen LogP contribution is -2.20. The first-order chi connectivity index (χ1) is 8.20. The van der Waals surface area contributed by atoms with Crippen LogP contribution in [-0.4, -0.2) is 29.3 Å². The highest BCUT2D eigenvalue weighted by Crippen LogP contribution is 2.25. The Morgan fingerprint density at radius 1 is 1.33 bits per heavy atom. The van der Waals surface area contributed by atoms with E-state index in [2.05, 4.69) is 9.72 Å². The predicted octanol–water partition coefficient (Wildman–Crippen LogP) is 2.46. The van der Waals surface area contributed by atoms with Gasteiger partial charge in [0.05, 0.1) is 11.9 Å². The molecule has 1 rings (SSSR count). The molecule has 0 aliphatic carbocycles. The molecule has 0 radical (unpaired) electrons. The van der Waals surface area contributed by atoms with Gasteiger partial charge in [0.1, 0.15) is 0 Å². The molecule has 0 aliphatic heterocycles. The molecule has 0 aliphatic rings. The first-order valence-corrected chi connectivity index (χ1v) is 4.52. The van der Waals surface area contributed by atoms with E-state index in [0.29, 0.717) is 12.3 Å². The Balaban J connectivity index is 2.88. The van der Waals surface area contributed by atoms with Crippen LogP contribution in [0.3, 0.4) is 0 Å². The lowest BCUT2D eigenvalue weighted by atomic mass is 10.2. The van der Waals surface area contributed by atoms with Gasteiger partial charge in [0.25, 0.3) is 6.43 Å². The van der Waals surface area contributed by atoms with Crippen molar-refractivity contribution in [2.24, 2.45) is 0 Å². The van der Waals surface area contributed by atoms with Crippen molar-refractivity contribution in [1.29, 1.82) is 0 Å². The number of hydrogen-bond acceptors (Lipinski definition) is 3. The van der Waals surface area contributed by atoms with Crippen molar-refractivity contribution < 1.29 is 36.2 Å². The maximum Gasteiger partial charge on any atom is 0.422 e. The minimum atomic E-state index is -4.70. The number of pyridine rings is 1. The van der Waals surface area contributed by atoms with E-state index < -0.39 is 42.6 Å². The van der Waals surface area contributed by atoms with Crippen molar-refractivity contribution in [1.82, 2.24) is 4.98 Å². The molecule has 102 valence electrons. The lowest BCUT2D eigenvalue weighted by molar-refractivity contribution is -0.153. The van der Waals surface area contributed by atoms with Gasteiger partial charge in [-0.2, -0.15) is 13.2 Å². The predicted molar refractivity (Wildman–Crippen MR) is 46.7 cm³/mol. The molecule has 18 heavy (non-hydrogen) atoms. The first kappa shape index (κ1) is 14.6.